The van der Waals surface area contributed by atoms with Gasteiger partial charge in [-0.15, -0.1) is 0 Å². The number of benzene rings is 2. The summed E-state index contributed by atoms with van der Waals surface area (Å²) in [7, 11) is -3.34. The summed E-state index contributed by atoms with van der Waals surface area (Å²) in [4.78, 5) is 0.305. The number of rotatable bonds is 3. The van der Waals surface area contributed by atoms with Gasteiger partial charge in [0.25, 0.3) is 0 Å². The molecule has 2 N–H and O–H groups in total. The van der Waals surface area contributed by atoms with Gasteiger partial charge in [0.1, 0.15) is 0 Å². The molecule has 18 heavy (non-hydrogen) atoms. The zero-order valence-electron chi connectivity index (χ0n) is 9.51. The predicted molar refractivity (Wildman–Crippen MR) is 75.9 cm³/mol. The Hall–Kier alpha value is -1.33. The third-order valence-corrected chi connectivity index (χ3v) is 4.64. The quantitative estimate of drug-likeness (QED) is 0.882. The van der Waals surface area contributed by atoms with E-state index in [9.17, 15) is 8.42 Å². The average molecular weight is 326 g/mol. The molecule has 0 atom stereocenters. The minimum absolute atomic E-state index is 0.0471. The Morgan fingerprint density at radius 2 is 1.78 bits per heavy atom. The van der Waals surface area contributed by atoms with Crippen LogP contribution in [0.3, 0.4) is 0 Å². The first kappa shape index (κ1) is 13.1. The lowest BCUT2D eigenvalue weighted by Gasteiger charge is -2.05. The summed E-state index contributed by atoms with van der Waals surface area (Å²) in [5.41, 5.74) is 6.89. The maximum Gasteiger partial charge on any atom is 0.182 e. The molecule has 0 saturated heterocycles. The molecule has 0 saturated carbocycles. The summed E-state index contributed by atoms with van der Waals surface area (Å²) in [6, 6.07) is 13.6. The van der Waals surface area contributed by atoms with Crippen molar-refractivity contribution in [3.8, 4) is 0 Å². The van der Waals surface area contributed by atoms with E-state index in [2.05, 4.69) is 15.9 Å². The molecule has 2 rings (SSSR count). The summed E-state index contributed by atoms with van der Waals surface area (Å²) < 4.78 is 25.2. The molecule has 0 amide bonds. The molecule has 2 aromatic rings. The van der Waals surface area contributed by atoms with Gasteiger partial charge >= 0.3 is 0 Å². The fourth-order valence-corrected chi connectivity index (χ4v) is 3.57. The van der Waals surface area contributed by atoms with Crippen molar-refractivity contribution in [2.75, 3.05) is 5.73 Å². The lowest BCUT2D eigenvalue weighted by molar-refractivity contribution is 0.595. The molecule has 0 aliphatic heterocycles. The summed E-state index contributed by atoms with van der Waals surface area (Å²) in [5.74, 6) is -0.0471. The number of anilines is 1. The highest BCUT2D eigenvalue weighted by atomic mass is 79.9. The summed E-state index contributed by atoms with van der Waals surface area (Å²) in [6.45, 7) is 0. The molecule has 2 aromatic carbocycles. The van der Waals surface area contributed by atoms with Gasteiger partial charge in [-0.1, -0.05) is 34.1 Å². The van der Waals surface area contributed by atoms with E-state index < -0.39 is 9.84 Å². The van der Waals surface area contributed by atoms with Gasteiger partial charge in [-0.25, -0.2) is 8.42 Å². The lowest BCUT2D eigenvalue weighted by Crippen LogP contribution is -2.05. The van der Waals surface area contributed by atoms with E-state index in [0.29, 0.717) is 16.1 Å². The number of nitrogen functional groups attached to an aromatic ring is 1. The van der Waals surface area contributed by atoms with Gasteiger partial charge in [-0.2, -0.15) is 0 Å². The second-order valence-electron chi connectivity index (χ2n) is 3.96. The van der Waals surface area contributed by atoms with E-state index in [-0.39, 0.29) is 5.75 Å². The number of hydrogen-bond acceptors (Lipinski definition) is 3. The Morgan fingerprint density at radius 3 is 2.44 bits per heavy atom. The fourth-order valence-electron chi connectivity index (χ4n) is 1.65. The zero-order valence-corrected chi connectivity index (χ0v) is 11.9. The van der Waals surface area contributed by atoms with Crippen LogP contribution in [0.5, 0.6) is 0 Å². The van der Waals surface area contributed by atoms with Crippen molar-refractivity contribution in [2.24, 2.45) is 0 Å². The van der Waals surface area contributed by atoms with Crippen molar-refractivity contribution in [1.82, 2.24) is 0 Å². The molecule has 0 aromatic heterocycles. The molecule has 0 unspecified atom stereocenters. The van der Waals surface area contributed by atoms with Crippen LogP contribution < -0.4 is 5.73 Å². The maximum absolute atomic E-state index is 12.2. The molecule has 0 aliphatic rings. The highest BCUT2D eigenvalue weighted by molar-refractivity contribution is 9.10. The molecular formula is C13H12BrNO2S. The molecule has 0 bridgehead atoms. The smallest absolute Gasteiger partial charge is 0.182 e. The Kier molecular flexibility index (Phi) is 3.73. The molecule has 3 nitrogen and oxygen atoms in total. The van der Waals surface area contributed by atoms with Gasteiger partial charge in [-0.3, -0.25) is 0 Å². The lowest BCUT2D eigenvalue weighted by atomic mass is 10.2. The van der Waals surface area contributed by atoms with Crippen molar-refractivity contribution in [1.29, 1.82) is 0 Å². The van der Waals surface area contributed by atoms with Crippen LogP contribution in [0.15, 0.2) is 57.9 Å². The van der Waals surface area contributed by atoms with Gasteiger partial charge < -0.3 is 5.73 Å². The molecule has 0 aliphatic carbocycles. The first-order valence-electron chi connectivity index (χ1n) is 5.30. The van der Waals surface area contributed by atoms with Crippen molar-refractivity contribution in [3.63, 3.8) is 0 Å². The largest absolute Gasteiger partial charge is 0.399 e. The molecule has 0 radical (unpaired) electrons. The zero-order chi connectivity index (χ0) is 13.2. The van der Waals surface area contributed by atoms with Crippen molar-refractivity contribution in [2.45, 2.75) is 10.6 Å². The normalized spacial score (nSPS) is 11.4. The Balaban J connectivity index is 2.33. The van der Waals surface area contributed by atoms with Crippen LogP contribution >= 0.6 is 15.9 Å². The summed E-state index contributed by atoms with van der Waals surface area (Å²) in [6.07, 6.45) is 0. The maximum atomic E-state index is 12.2. The van der Waals surface area contributed by atoms with Crippen molar-refractivity contribution >= 4 is 31.5 Å². The van der Waals surface area contributed by atoms with Crippen LogP contribution in [0.4, 0.5) is 5.69 Å². The standard InChI is InChI=1S/C13H12BrNO2S/c14-11-4-2-6-13(8-11)18(16,17)9-10-3-1-5-12(15)7-10/h1-8H,9,15H2. The number of hydrogen-bond donors (Lipinski definition) is 1. The van der Waals surface area contributed by atoms with E-state index in [1.54, 1.807) is 48.5 Å². The molecule has 0 heterocycles. The average Bonchev–Trinajstić information content (AvgIpc) is 2.28. The monoisotopic (exact) mass is 325 g/mol. The first-order valence-corrected chi connectivity index (χ1v) is 7.75. The van der Waals surface area contributed by atoms with Crippen LogP contribution in [0.2, 0.25) is 0 Å². The Labute approximate surface area is 115 Å². The number of halogens is 1. The Bertz CT molecular complexity index is 668. The molecule has 5 heteroatoms. The van der Waals surface area contributed by atoms with Gasteiger partial charge in [-0.05, 0) is 35.9 Å². The van der Waals surface area contributed by atoms with E-state index in [1.807, 2.05) is 0 Å². The third-order valence-electron chi connectivity index (χ3n) is 2.46. The van der Waals surface area contributed by atoms with Gasteiger partial charge in [0.15, 0.2) is 9.84 Å². The second kappa shape index (κ2) is 5.12. The molecule has 94 valence electrons. The van der Waals surface area contributed by atoms with E-state index in [1.165, 1.54) is 0 Å². The van der Waals surface area contributed by atoms with Gasteiger partial charge in [0.05, 0.1) is 10.6 Å². The number of nitrogens with two attached hydrogens (primary N) is 1. The van der Waals surface area contributed by atoms with Crippen LogP contribution in [-0.2, 0) is 15.6 Å². The minimum atomic E-state index is -3.34. The van der Waals surface area contributed by atoms with Crippen LogP contribution in [0, 0.1) is 0 Å². The fraction of sp³-hybridized carbons (Fsp3) is 0.0769. The Morgan fingerprint density at radius 1 is 1.06 bits per heavy atom. The van der Waals surface area contributed by atoms with E-state index in [4.69, 9.17) is 5.73 Å². The topological polar surface area (TPSA) is 60.2 Å². The SMILES string of the molecule is Nc1cccc(CS(=O)(=O)c2cccc(Br)c2)c1. The van der Waals surface area contributed by atoms with Crippen molar-refractivity contribution in [3.05, 3.63) is 58.6 Å². The highest BCUT2D eigenvalue weighted by Crippen LogP contribution is 2.21. The van der Waals surface area contributed by atoms with Gasteiger partial charge in [0, 0.05) is 10.2 Å². The molecule has 0 fully saturated rings. The van der Waals surface area contributed by atoms with Crippen LogP contribution in [-0.4, -0.2) is 8.42 Å². The van der Waals surface area contributed by atoms with Crippen LogP contribution in [0.1, 0.15) is 5.56 Å². The summed E-state index contributed by atoms with van der Waals surface area (Å²) in [5, 5.41) is 0. The van der Waals surface area contributed by atoms with Crippen molar-refractivity contribution < 1.29 is 8.42 Å². The van der Waals surface area contributed by atoms with E-state index >= 15 is 0 Å². The molecular weight excluding hydrogens is 314 g/mol. The molecule has 0 spiro atoms. The van der Waals surface area contributed by atoms with Gasteiger partial charge in [0.2, 0.25) is 0 Å². The van der Waals surface area contributed by atoms with Crippen LogP contribution in [0.25, 0.3) is 0 Å². The minimum Gasteiger partial charge on any atom is -0.399 e. The second-order valence-corrected chi connectivity index (χ2v) is 6.87. The third kappa shape index (κ3) is 3.11. The highest BCUT2D eigenvalue weighted by Gasteiger charge is 2.15. The summed E-state index contributed by atoms with van der Waals surface area (Å²) >= 11 is 3.27. The van der Waals surface area contributed by atoms with E-state index in [0.717, 1.165) is 4.47 Å². The predicted octanol–water partition coefficient (Wildman–Crippen LogP) is 3.01. The number of sulfone groups is 1. The first-order chi connectivity index (χ1) is 8.47.